The Morgan fingerprint density at radius 2 is 1.78 bits per heavy atom. The van der Waals surface area contributed by atoms with Gasteiger partial charge in [0.2, 0.25) is 5.78 Å². The molecule has 19 heteroatoms. The van der Waals surface area contributed by atoms with E-state index in [-0.39, 0.29) is 31.0 Å². The molecule has 3 N–H and O–H groups in total. The molecule has 4 rings (SSSR count). The maximum Gasteiger partial charge on any atom is 0.323 e. The van der Waals surface area contributed by atoms with Gasteiger partial charge in [-0.15, -0.1) is 31.8 Å². The van der Waals surface area contributed by atoms with E-state index in [1.807, 2.05) is 13.0 Å². The van der Waals surface area contributed by atoms with Crippen LogP contribution >= 0.6 is 11.6 Å². The van der Waals surface area contributed by atoms with Gasteiger partial charge < -0.3 is 34.7 Å². The first kappa shape index (κ1) is 39.6. The summed E-state index contributed by atoms with van der Waals surface area (Å²) in [6, 6.07) is -1.67. The number of ketones is 2. The van der Waals surface area contributed by atoms with Crippen molar-refractivity contribution in [2.24, 2.45) is 34.3 Å². The van der Waals surface area contributed by atoms with Crippen LogP contribution in [0.5, 0.6) is 0 Å². The minimum Gasteiger partial charge on any atom is -0.462 e. The lowest BCUT2D eigenvalue weighted by atomic mass is 9.46. The van der Waals surface area contributed by atoms with Crippen molar-refractivity contribution < 1.29 is 63.1 Å². The predicted octanol–water partition coefficient (Wildman–Crippen LogP) is 1.72. The highest BCUT2D eigenvalue weighted by atomic mass is 35.5. The number of nitrogens with zero attached hydrogens (tertiary/aromatic N) is 2. The molecule has 4 aliphatic rings. The highest BCUT2D eigenvalue weighted by molar-refractivity contribution is 6.26. The Morgan fingerprint density at radius 3 is 2.41 bits per heavy atom. The molecular weight excluding hydrogens is 702 g/mol. The van der Waals surface area contributed by atoms with Crippen LogP contribution in [0.1, 0.15) is 66.2 Å². The lowest BCUT2D eigenvalue weighted by Gasteiger charge is -2.63. The quantitative estimate of drug-likeness (QED) is 0.0604. The number of esters is 3. The lowest BCUT2D eigenvalue weighted by molar-refractivity contribution is -0.790. The highest BCUT2D eigenvalue weighted by Gasteiger charge is 2.76. The molecule has 0 saturated heterocycles. The summed E-state index contributed by atoms with van der Waals surface area (Å²) in [5.41, 5.74) is 2.69. The van der Waals surface area contributed by atoms with Gasteiger partial charge in [0.15, 0.2) is 24.1 Å². The number of allylic oxidation sites excluding steroid dienone is 4. The number of ether oxygens (including phenoxy) is 3. The molecule has 0 heterocycles. The van der Waals surface area contributed by atoms with Gasteiger partial charge in [-0.05, 0) is 37.2 Å². The van der Waals surface area contributed by atoms with E-state index in [0.717, 1.165) is 5.57 Å². The number of rotatable bonds is 15. The van der Waals surface area contributed by atoms with Crippen LogP contribution < -0.4 is 5.73 Å². The Hall–Kier alpha value is -4.16. The fourth-order valence-electron chi connectivity index (χ4n) is 8.79. The minimum absolute atomic E-state index is 0.0477. The van der Waals surface area contributed by atoms with Crippen LogP contribution in [0.3, 0.4) is 0 Å². The minimum atomic E-state index is -1.84. The number of aliphatic hydroxyl groups excluding tert-OH is 1. The highest BCUT2D eigenvalue weighted by Crippen LogP contribution is 2.71. The number of fused-ring (bicyclic) bond motifs is 5. The molecule has 0 amide bonds. The summed E-state index contributed by atoms with van der Waals surface area (Å²) in [5.74, 6) is -5.18. The van der Waals surface area contributed by atoms with Crippen molar-refractivity contribution in [1.82, 2.24) is 0 Å². The molecule has 2 saturated carbocycles. The zero-order valence-electron chi connectivity index (χ0n) is 28.6. The van der Waals surface area contributed by atoms with Crippen LogP contribution in [0.2, 0.25) is 0 Å². The van der Waals surface area contributed by atoms with Crippen LogP contribution in [-0.2, 0) is 47.9 Å². The van der Waals surface area contributed by atoms with E-state index in [0.29, 0.717) is 12.8 Å². The van der Waals surface area contributed by atoms with Gasteiger partial charge in [0.05, 0.1) is 17.4 Å². The molecule has 282 valence electrons. The van der Waals surface area contributed by atoms with Gasteiger partial charge >= 0.3 is 17.9 Å². The first-order valence-corrected chi connectivity index (χ1v) is 16.8. The van der Waals surface area contributed by atoms with Crippen LogP contribution in [0.15, 0.2) is 23.8 Å². The van der Waals surface area contributed by atoms with Crippen molar-refractivity contribution in [3.63, 3.8) is 0 Å². The van der Waals surface area contributed by atoms with Crippen LogP contribution in [0.4, 0.5) is 0 Å². The summed E-state index contributed by atoms with van der Waals surface area (Å²) in [6.45, 7) is 4.28. The molecule has 0 bridgehead atoms. The molecule has 0 aliphatic heterocycles. The maximum absolute atomic E-state index is 14.3. The number of alkyl halides is 1. The third kappa shape index (κ3) is 7.04. The molecule has 2 fully saturated rings. The van der Waals surface area contributed by atoms with Gasteiger partial charge in [0.1, 0.15) is 19.3 Å². The summed E-state index contributed by atoms with van der Waals surface area (Å²) in [6.07, 6.45) is 2.37. The number of carbonyl (C=O) groups is 5. The average molecular weight is 744 g/mol. The topological polar surface area (TPSA) is 264 Å². The Morgan fingerprint density at radius 1 is 1.10 bits per heavy atom. The zero-order chi connectivity index (χ0) is 38.1. The molecule has 18 nitrogen and oxygen atoms in total. The van der Waals surface area contributed by atoms with Gasteiger partial charge in [0.25, 0.3) is 10.2 Å². The van der Waals surface area contributed by atoms with E-state index >= 15 is 0 Å². The Kier molecular flexibility index (Phi) is 11.5. The Bertz CT molecular complexity index is 1540. The second kappa shape index (κ2) is 14.8. The number of carbonyl (C=O) groups excluding carboxylic acids is 5. The van der Waals surface area contributed by atoms with E-state index in [1.165, 1.54) is 6.08 Å². The van der Waals surface area contributed by atoms with Gasteiger partial charge in [-0.3, -0.25) is 24.0 Å². The first-order valence-electron chi connectivity index (χ1n) is 16.5. The Labute approximate surface area is 297 Å². The van der Waals surface area contributed by atoms with Crippen LogP contribution in [0.25, 0.3) is 0 Å². The van der Waals surface area contributed by atoms with Crippen molar-refractivity contribution in [1.29, 1.82) is 0 Å². The maximum atomic E-state index is 14.3. The number of aliphatic hydroxyl groups is 1. The predicted molar refractivity (Wildman–Crippen MR) is 171 cm³/mol. The summed E-state index contributed by atoms with van der Waals surface area (Å²) >= 11 is 7.50. The number of halogens is 1. The molecule has 2 unspecified atom stereocenters. The zero-order valence-corrected chi connectivity index (χ0v) is 29.3. The van der Waals surface area contributed by atoms with E-state index in [2.05, 4.69) is 9.68 Å². The molecule has 51 heavy (non-hydrogen) atoms. The van der Waals surface area contributed by atoms with Crippen LogP contribution in [0, 0.1) is 48.8 Å². The van der Waals surface area contributed by atoms with Crippen molar-refractivity contribution in [2.45, 2.75) is 94.9 Å². The number of hydrogen-bond acceptors (Lipinski definition) is 16. The number of hydrogen-bond donors (Lipinski definition) is 2. The van der Waals surface area contributed by atoms with E-state index < -0.39 is 111 Å². The van der Waals surface area contributed by atoms with Gasteiger partial charge in [-0.1, -0.05) is 45.4 Å². The third-order valence-electron chi connectivity index (χ3n) is 11.2. The van der Waals surface area contributed by atoms with Gasteiger partial charge in [-0.2, -0.15) is 0 Å². The number of nitrogens with two attached hydrogens (primary N) is 1. The monoisotopic (exact) mass is 743 g/mol. The van der Waals surface area contributed by atoms with Crippen molar-refractivity contribution in [2.75, 3.05) is 19.8 Å². The third-order valence-corrected chi connectivity index (χ3v) is 12.1. The standard InChI is InChI=1S/C32H42ClN3O15/c1-5-26(40)50-32(25(39)16-47-27(41)12-23(34)28(42)48-14-20(51-36(45)46)15-49-35(43)44)17(2)10-22-21-7-6-18-11-19(37)8-9-29(18,3)31(21,33)24(38)13-30(22,32)4/h6,8-9,17,20-24,38H,5,7,10-16,34H2,1-4H3/t17-,20?,21-,22-,23?,24-,29-,30-,31-,32-/m0/s1. The van der Waals surface area contributed by atoms with E-state index in [4.69, 9.17) is 31.5 Å². The molecule has 0 aromatic heterocycles. The largest absolute Gasteiger partial charge is 0.462 e. The van der Waals surface area contributed by atoms with Gasteiger partial charge in [-0.25, -0.2) is 0 Å². The number of Topliss-reactive ketones (excluding diaryl/α,β-unsaturated/α-hetero) is 1. The Balaban J connectivity index is 1.50. The van der Waals surface area contributed by atoms with Crippen molar-refractivity contribution in [3.05, 3.63) is 44.0 Å². The lowest BCUT2D eigenvalue weighted by Crippen LogP contribution is -2.69. The average Bonchev–Trinajstić information content (AvgIpc) is 3.27. The molecular formula is C32H42ClN3O15. The summed E-state index contributed by atoms with van der Waals surface area (Å²) in [4.78, 5) is 92.6. The van der Waals surface area contributed by atoms with Crippen molar-refractivity contribution >= 4 is 41.1 Å². The molecule has 0 spiro atoms. The summed E-state index contributed by atoms with van der Waals surface area (Å²) < 4.78 is 16.1. The van der Waals surface area contributed by atoms with Gasteiger partial charge in [0, 0.05) is 29.6 Å². The molecule has 0 aromatic carbocycles. The molecule has 10 atom stereocenters. The smallest absolute Gasteiger partial charge is 0.323 e. The van der Waals surface area contributed by atoms with Crippen molar-refractivity contribution in [3.8, 4) is 0 Å². The fourth-order valence-corrected chi connectivity index (χ4v) is 9.29. The first-order chi connectivity index (χ1) is 23.8. The second-order valence-corrected chi connectivity index (χ2v) is 14.6. The van der Waals surface area contributed by atoms with E-state index in [1.54, 1.807) is 26.8 Å². The molecule has 4 aliphatic carbocycles. The summed E-state index contributed by atoms with van der Waals surface area (Å²) in [7, 11) is 0. The fraction of sp³-hybridized carbons (Fsp3) is 0.719. The second-order valence-electron chi connectivity index (χ2n) is 14.0. The molecule has 0 aromatic rings. The SMILES string of the molecule is CCC(=O)O[C@]1(C(=O)COC(=O)CC(N)C(=O)OCC(CO[N+](=O)[O-])O[N+](=O)[O-])[C@@H](C)C[C@H]2[C@@H]3CC=C4CC(=O)C=C[C@]4(C)[C@@]3(Cl)[C@@H](O)C[C@@]21C. The van der Waals surface area contributed by atoms with Crippen LogP contribution in [-0.4, -0.2) is 93.3 Å². The molecule has 0 radical (unpaired) electrons. The van der Waals surface area contributed by atoms with E-state index in [9.17, 15) is 49.3 Å². The normalized spacial score (nSPS) is 34.7. The summed E-state index contributed by atoms with van der Waals surface area (Å²) in [5, 5.41) is 30.5.